The highest BCUT2D eigenvalue weighted by atomic mass is 35.5. The third-order valence-electron chi connectivity index (χ3n) is 4.00. The molecule has 1 heterocycles. The highest BCUT2D eigenvalue weighted by molar-refractivity contribution is 6.35. The van der Waals surface area contributed by atoms with Crippen molar-refractivity contribution in [1.29, 1.82) is 0 Å². The topological polar surface area (TPSA) is 59.9 Å². The van der Waals surface area contributed by atoms with Gasteiger partial charge in [-0.1, -0.05) is 46.6 Å². The van der Waals surface area contributed by atoms with Crippen LogP contribution in [0.2, 0.25) is 10.0 Å². The van der Waals surface area contributed by atoms with Gasteiger partial charge in [-0.25, -0.2) is 0 Å². The van der Waals surface area contributed by atoms with Gasteiger partial charge in [0.2, 0.25) is 5.91 Å². The first-order chi connectivity index (χ1) is 12.6. The standard InChI is InChI=1S/C19H18Cl2N2O3/c1-12-17(18(23-26-12)15-4-2-3-5-16(15)21)19(24)22-10-11-25-14-8-6-13(20)7-9-14/h2-9,12,17H,10-11H2,1H3,(H,22,24). The fourth-order valence-corrected chi connectivity index (χ4v) is 3.05. The zero-order valence-corrected chi connectivity index (χ0v) is 15.6. The van der Waals surface area contributed by atoms with E-state index in [1.165, 1.54) is 0 Å². The molecule has 2 atom stereocenters. The number of amides is 1. The average molecular weight is 393 g/mol. The van der Waals surface area contributed by atoms with Gasteiger partial charge in [0.25, 0.3) is 0 Å². The van der Waals surface area contributed by atoms with Gasteiger partial charge in [-0.15, -0.1) is 0 Å². The predicted molar refractivity (Wildman–Crippen MR) is 102 cm³/mol. The van der Waals surface area contributed by atoms with E-state index in [4.69, 9.17) is 32.8 Å². The summed E-state index contributed by atoms with van der Waals surface area (Å²) in [5, 5.41) is 8.10. The molecule has 1 aliphatic heterocycles. The largest absolute Gasteiger partial charge is 0.492 e. The first-order valence-corrected chi connectivity index (χ1v) is 8.96. The van der Waals surface area contributed by atoms with E-state index in [0.717, 1.165) is 0 Å². The van der Waals surface area contributed by atoms with Crippen LogP contribution in [-0.4, -0.2) is 30.9 Å². The van der Waals surface area contributed by atoms with Crippen molar-refractivity contribution in [2.24, 2.45) is 11.1 Å². The van der Waals surface area contributed by atoms with Crippen LogP contribution in [0.1, 0.15) is 12.5 Å². The van der Waals surface area contributed by atoms with E-state index in [-0.39, 0.29) is 12.0 Å². The number of carbonyl (C=O) groups excluding carboxylic acids is 1. The van der Waals surface area contributed by atoms with Gasteiger partial charge in [-0.2, -0.15) is 0 Å². The third kappa shape index (κ3) is 4.29. The van der Waals surface area contributed by atoms with Crippen LogP contribution < -0.4 is 10.1 Å². The van der Waals surface area contributed by atoms with E-state index in [0.29, 0.717) is 40.2 Å². The quantitative estimate of drug-likeness (QED) is 0.757. The van der Waals surface area contributed by atoms with E-state index < -0.39 is 5.92 Å². The fourth-order valence-electron chi connectivity index (χ4n) is 2.69. The number of nitrogens with zero attached hydrogens (tertiary/aromatic N) is 1. The van der Waals surface area contributed by atoms with E-state index >= 15 is 0 Å². The maximum Gasteiger partial charge on any atom is 0.233 e. The summed E-state index contributed by atoms with van der Waals surface area (Å²) in [4.78, 5) is 17.9. The molecule has 1 aliphatic rings. The molecule has 0 bridgehead atoms. The van der Waals surface area contributed by atoms with Crippen molar-refractivity contribution >= 4 is 34.8 Å². The van der Waals surface area contributed by atoms with Crippen molar-refractivity contribution in [2.75, 3.05) is 13.2 Å². The summed E-state index contributed by atoms with van der Waals surface area (Å²) < 4.78 is 5.58. The molecule has 0 saturated heterocycles. The Hall–Kier alpha value is -2.24. The molecular formula is C19H18Cl2N2O3. The number of hydrogen-bond donors (Lipinski definition) is 1. The van der Waals surface area contributed by atoms with Gasteiger partial charge in [0.15, 0.2) is 0 Å². The number of oxime groups is 1. The molecule has 7 heteroatoms. The zero-order valence-electron chi connectivity index (χ0n) is 14.1. The molecule has 0 fully saturated rings. The second-order valence-corrected chi connectivity index (χ2v) is 6.68. The van der Waals surface area contributed by atoms with Gasteiger partial charge in [0.05, 0.1) is 6.54 Å². The molecule has 26 heavy (non-hydrogen) atoms. The van der Waals surface area contributed by atoms with Gasteiger partial charge in [0.1, 0.15) is 30.1 Å². The average Bonchev–Trinajstić information content (AvgIpc) is 3.02. The summed E-state index contributed by atoms with van der Waals surface area (Å²) in [6.07, 6.45) is -0.363. The minimum Gasteiger partial charge on any atom is -0.492 e. The summed E-state index contributed by atoms with van der Waals surface area (Å²) in [5.41, 5.74) is 1.25. The first-order valence-electron chi connectivity index (χ1n) is 8.21. The minimum atomic E-state index is -0.523. The minimum absolute atomic E-state index is 0.173. The molecule has 0 spiro atoms. The Kier molecular flexibility index (Phi) is 6.01. The first kappa shape index (κ1) is 18.5. The van der Waals surface area contributed by atoms with Crippen molar-refractivity contribution in [3.63, 3.8) is 0 Å². The Balaban J connectivity index is 1.57. The Morgan fingerprint density at radius 1 is 1.19 bits per heavy atom. The third-order valence-corrected chi connectivity index (χ3v) is 4.58. The highest BCUT2D eigenvalue weighted by Gasteiger charge is 2.38. The lowest BCUT2D eigenvalue weighted by molar-refractivity contribution is -0.125. The van der Waals surface area contributed by atoms with E-state index in [1.54, 1.807) is 30.3 Å². The maximum atomic E-state index is 12.6. The molecule has 0 saturated carbocycles. The molecule has 136 valence electrons. The van der Waals surface area contributed by atoms with Gasteiger partial charge >= 0.3 is 0 Å². The number of ether oxygens (including phenoxy) is 1. The van der Waals surface area contributed by atoms with Gasteiger partial charge < -0.3 is 14.9 Å². The van der Waals surface area contributed by atoms with E-state index in [9.17, 15) is 4.79 Å². The van der Waals surface area contributed by atoms with Crippen LogP contribution in [0.15, 0.2) is 53.7 Å². The summed E-state index contributed by atoms with van der Waals surface area (Å²) >= 11 is 12.1. The molecule has 5 nitrogen and oxygen atoms in total. The van der Waals surface area contributed by atoms with Gasteiger partial charge in [-0.3, -0.25) is 4.79 Å². The number of rotatable bonds is 6. The van der Waals surface area contributed by atoms with Crippen LogP contribution in [0.3, 0.4) is 0 Å². The molecule has 0 radical (unpaired) electrons. The van der Waals surface area contributed by atoms with Crippen LogP contribution in [-0.2, 0) is 9.63 Å². The molecule has 1 amide bonds. The van der Waals surface area contributed by atoms with Crippen molar-refractivity contribution in [3.05, 3.63) is 64.1 Å². The number of hydrogen-bond acceptors (Lipinski definition) is 4. The maximum absolute atomic E-state index is 12.6. The molecule has 2 aromatic carbocycles. The van der Waals surface area contributed by atoms with Crippen molar-refractivity contribution in [1.82, 2.24) is 5.32 Å². The van der Waals surface area contributed by atoms with Crippen LogP contribution in [0.25, 0.3) is 0 Å². The lowest BCUT2D eigenvalue weighted by atomic mass is 9.92. The lowest BCUT2D eigenvalue weighted by Gasteiger charge is -2.16. The van der Waals surface area contributed by atoms with E-state index in [2.05, 4.69) is 10.5 Å². The smallest absolute Gasteiger partial charge is 0.233 e. The monoisotopic (exact) mass is 392 g/mol. The number of benzene rings is 2. The normalized spacial score (nSPS) is 18.8. The lowest BCUT2D eigenvalue weighted by Crippen LogP contribution is -2.40. The number of nitrogens with one attached hydrogen (secondary N) is 1. The summed E-state index contributed by atoms with van der Waals surface area (Å²) in [6, 6.07) is 14.3. The molecule has 0 aliphatic carbocycles. The Morgan fingerprint density at radius 2 is 1.92 bits per heavy atom. The summed E-state index contributed by atoms with van der Waals surface area (Å²) in [6.45, 7) is 2.51. The molecular weight excluding hydrogens is 375 g/mol. The molecule has 3 rings (SSSR count). The Bertz CT molecular complexity index is 809. The summed E-state index contributed by atoms with van der Waals surface area (Å²) in [7, 11) is 0. The molecule has 0 aromatic heterocycles. The van der Waals surface area contributed by atoms with Crippen molar-refractivity contribution in [3.8, 4) is 5.75 Å². The van der Waals surface area contributed by atoms with Gasteiger partial charge in [-0.05, 0) is 37.3 Å². The highest BCUT2D eigenvalue weighted by Crippen LogP contribution is 2.27. The molecule has 2 unspecified atom stereocenters. The van der Waals surface area contributed by atoms with Crippen LogP contribution in [0, 0.1) is 5.92 Å². The van der Waals surface area contributed by atoms with Crippen molar-refractivity contribution < 1.29 is 14.4 Å². The molecule has 1 N–H and O–H groups in total. The zero-order chi connectivity index (χ0) is 18.5. The second-order valence-electron chi connectivity index (χ2n) is 5.84. The second kappa shape index (κ2) is 8.43. The predicted octanol–water partition coefficient (Wildman–Crippen LogP) is 3.93. The SMILES string of the molecule is CC1ON=C(c2ccccc2Cl)C1C(=O)NCCOc1ccc(Cl)cc1. The van der Waals surface area contributed by atoms with Crippen LogP contribution in [0.5, 0.6) is 5.75 Å². The van der Waals surface area contributed by atoms with E-state index in [1.807, 2.05) is 25.1 Å². The number of halogens is 2. The Morgan fingerprint density at radius 3 is 2.65 bits per heavy atom. The number of carbonyl (C=O) groups is 1. The summed E-state index contributed by atoms with van der Waals surface area (Å²) in [5.74, 6) is -0.00153. The van der Waals surface area contributed by atoms with Crippen molar-refractivity contribution in [2.45, 2.75) is 13.0 Å². The fraction of sp³-hybridized carbons (Fsp3) is 0.263. The Labute approximate surface area is 161 Å². The molecule has 2 aromatic rings. The van der Waals surface area contributed by atoms with Crippen LogP contribution in [0.4, 0.5) is 0 Å². The van der Waals surface area contributed by atoms with Crippen LogP contribution >= 0.6 is 23.2 Å². The van der Waals surface area contributed by atoms with Gasteiger partial charge in [0, 0.05) is 15.6 Å².